The standard InChI is InChI=1S/C36H53N2O2S/c1-6-7-8-9-10-11-12-13-14-15-16-17-21-40-36-29(2)22-34(23-30(36)3)27-38(32(5)39)35-20-18-19-33(24-35)26-37-25-31(4)41-28-37/h18-20,22-25,28H,6-17,21,26-27H2,1-5H3/q+1. The molecule has 3 rings (SSSR count). The second-order valence-corrected chi connectivity index (χ2v) is 12.8. The third-order valence-electron chi connectivity index (χ3n) is 7.79. The molecule has 0 bridgehead atoms. The summed E-state index contributed by atoms with van der Waals surface area (Å²) in [6, 6.07) is 12.7. The third-order valence-corrected chi connectivity index (χ3v) is 8.65. The highest BCUT2D eigenvalue weighted by molar-refractivity contribution is 7.09. The van der Waals surface area contributed by atoms with Gasteiger partial charge in [-0.05, 0) is 56.0 Å². The van der Waals surface area contributed by atoms with Crippen LogP contribution in [0, 0.1) is 20.8 Å². The van der Waals surface area contributed by atoms with Gasteiger partial charge in [0.05, 0.1) is 18.0 Å². The molecule has 0 aliphatic heterocycles. The zero-order valence-electron chi connectivity index (χ0n) is 26.3. The van der Waals surface area contributed by atoms with Crippen LogP contribution >= 0.6 is 11.3 Å². The molecule has 0 saturated carbocycles. The van der Waals surface area contributed by atoms with Crippen LogP contribution in [0.1, 0.15) is 118 Å². The number of aromatic nitrogens is 1. The highest BCUT2D eigenvalue weighted by Crippen LogP contribution is 2.27. The smallest absolute Gasteiger partial charge is 0.225 e. The summed E-state index contributed by atoms with van der Waals surface area (Å²) in [5.41, 5.74) is 7.66. The molecule has 0 fully saturated rings. The van der Waals surface area contributed by atoms with Gasteiger partial charge < -0.3 is 9.64 Å². The Morgan fingerprint density at radius 3 is 2.00 bits per heavy atom. The van der Waals surface area contributed by atoms with Gasteiger partial charge in [0, 0.05) is 18.2 Å². The number of aryl methyl sites for hydroxylation is 3. The van der Waals surface area contributed by atoms with Crippen molar-refractivity contribution in [1.29, 1.82) is 0 Å². The average Bonchev–Trinajstić information content (AvgIpc) is 3.35. The summed E-state index contributed by atoms with van der Waals surface area (Å²) in [6.45, 7) is 12.4. The summed E-state index contributed by atoms with van der Waals surface area (Å²) in [5, 5.41) is 0. The Bertz CT molecular complexity index is 1180. The van der Waals surface area contributed by atoms with Gasteiger partial charge in [-0.1, -0.05) is 113 Å². The molecular formula is C36H53N2O2S+. The molecule has 2 aromatic carbocycles. The summed E-state index contributed by atoms with van der Waals surface area (Å²) in [5.74, 6) is 1.04. The predicted octanol–water partition coefficient (Wildman–Crippen LogP) is 9.64. The molecule has 0 unspecified atom stereocenters. The second kappa shape index (κ2) is 18.0. The molecule has 0 N–H and O–H groups in total. The van der Waals surface area contributed by atoms with Crippen LogP contribution in [0.5, 0.6) is 5.75 Å². The van der Waals surface area contributed by atoms with Crippen molar-refractivity contribution in [3.8, 4) is 5.75 Å². The van der Waals surface area contributed by atoms with Crippen molar-refractivity contribution >= 4 is 22.9 Å². The van der Waals surface area contributed by atoms with Crippen LogP contribution in [0.25, 0.3) is 0 Å². The monoisotopic (exact) mass is 577 g/mol. The first kappa shape index (κ1) is 32.8. The molecule has 0 aliphatic rings. The molecule has 1 heterocycles. The lowest BCUT2D eigenvalue weighted by molar-refractivity contribution is -0.683. The first-order chi connectivity index (χ1) is 19.9. The molecule has 0 aliphatic carbocycles. The molecule has 0 saturated heterocycles. The number of nitrogens with zero attached hydrogens (tertiary/aromatic N) is 2. The number of unbranched alkanes of at least 4 members (excludes halogenated alkanes) is 11. The first-order valence-corrected chi connectivity index (χ1v) is 16.8. The Morgan fingerprint density at radius 1 is 0.829 bits per heavy atom. The van der Waals surface area contributed by atoms with Gasteiger partial charge in [0.25, 0.3) is 0 Å². The lowest BCUT2D eigenvalue weighted by Crippen LogP contribution is -2.31. The lowest BCUT2D eigenvalue weighted by Gasteiger charge is -2.23. The topological polar surface area (TPSA) is 33.4 Å². The zero-order chi connectivity index (χ0) is 29.5. The van der Waals surface area contributed by atoms with Crippen molar-refractivity contribution in [3.05, 3.63) is 75.2 Å². The molecule has 3 aromatic rings. The number of anilines is 1. The summed E-state index contributed by atoms with van der Waals surface area (Å²) < 4.78 is 8.44. The molecule has 5 heteroatoms. The highest BCUT2D eigenvalue weighted by Gasteiger charge is 2.16. The van der Waals surface area contributed by atoms with Gasteiger partial charge in [0.1, 0.15) is 5.75 Å². The fourth-order valence-electron chi connectivity index (χ4n) is 5.60. The van der Waals surface area contributed by atoms with E-state index in [1.54, 1.807) is 18.3 Å². The number of hydrogen-bond acceptors (Lipinski definition) is 3. The van der Waals surface area contributed by atoms with E-state index in [9.17, 15) is 4.79 Å². The minimum atomic E-state index is 0.0452. The van der Waals surface area contributed by atoms with E-state index in [4.69, 9.17) is 4.74 Å². The third kappa shape index (κ3) is 11.6. The number of hydrogen-bond donors (Lipinski definition) is 0. The van der Waals surface area contributed by atoms with Crippen molar-refractivity contribution in [3.63, 3.8) is 0 Å². The largest absolute Gasteiger partial charge is 0.493 e. The molecule has 0 atom stereocenters. The van der Waals surface area contributed by atoms with E-state index in [-0.39, 0.29) is 5.91 Å². The van der Waals surface area contributed by atoms with Gasteiger partial charge in [-0.2, -0.15) is 4.57 Å². The SMILES string of the molecule is CCCCCCCCCCCCCCOc1c(C)cc(CN(C(C)=O)c2cccc(C[n+]3csc(C)c3)c2)cc1C. The Labute approximate surface area is 253 Å². The van der Waals surface area contributed by atoms with E-state index in [1.807, 2.05) is 17.0 Å². The van der Waals surface area contributed by atoms with Crippen molar-refractivity contribution < 1.29 is 14.1 Å². The van der Waals surface area contributed by atoms with Crippen LogP contribution in [0.15, 0.2) is 48.1 Å². The molecule has 224 valence electrons. The predicted molar refractivity (Wildman–Crippen MR) is 174 cm³/mol. The van der Waals surface area contributed by atoms with Crippen LogP contribution in [0.2, 0.25) is 0 Å². The number of carbonyl (C=O) groups excluding carboxylic acids is 1. The maximum atomic E-state index is 12.7. The fraction of sp³-hybridized carbons (Fsp3) is 0.556. The molecule has 41 heavy (non-hydrogen) atoms. The van der Waals surface area contributed by atoms with Gasteiger partial charge in [0.15, 0.2) is 12.7 Å². The van der Waals surface area contributed by atoms with Gasteiger partial charge >= 0.3 is 0 Å². The van der Waals surface area contributed by atoms with E-state index in [1.165, 1.54) is 81.1 Å². The Kier molecular flexibility index (Phi) is 14.4. The first-order valence-electron chi connectivity index (χ1n) is 15.9. The fourth-order valence-corrected chi connectivity index (χ4v) is 6.24. The number of rotatable bonds is 19. The van der Waals surface area contributed by atoms with E-state index >= 15 is 0 Å². The van der Waals surface area contributed by atoms with Gasteiger partial charge in [-0.25, -0.2) is 0 Å². The number of thiazole rings is 1. The second-order valence-electron chi connectivity index (χ2n) is 11.7. The normalized spacial score (nSPS) is 11.1. The summed E-state index contributed by atoms with van der Waals surface area (Å²) in [7, 11) is 0. The Morgan fingerprint density at radius 2 is 1.44 bits per heavy atom. The highest BCUT2D eigenvalue weighted by atomic mass is 32.1. The minimum absolute atomic E-state index is 0.0452. The number of benzene rings is 2. The maximum Gasteiger partial charge on any atom is 0.225 e. The maximum absolute atomic E-state index is 12.7. The molecule has 4 nitrogen and oxygen atoms in total. The van der Waals surface area contributed by atoms with Crippen LogP contribution in [0.4, 0.5) is 5.69 Å². The van der Waals surface area contributed by atoms with Crippen molar-refractivity contribution in [1.82, 2.24) is 0 Å². The van der Waals surface area contributed by atoms with Crippen LogP contribution < -0.4 is 14.2 Å². The summed E-state index contributed by atoms with van der Waals surface area (Å²) in [4.78, 5) is 15.9. The average molecular weight is 578 g/mol. The number of ether oxygens (including phenoxy) is 1. The lowest BCUT2D eigenvalue weighted by atomic mass is 10.0. The van der Waals surface area contributed by atoms with Crippen LogP contribution in [-0.2, 0) is 17.9 Å². The Balaban J connectivity index is 1.45. The summed E-state index contributed by atoms with van der Waals surface area (Å²) >= 11 is 1.75. The number of amides is 1. The van der Waals surface area contributed by atoms with Crippen LogP contribution in [0.3, 0.4) is 0 Å². The summed E-state index contributed by atoms with van der Waals surface area (Å²) in [6.07, 6.45) is 18.3. The van der Waals surface area contributed by atoms with Gasteiger partial charge in [-0.3, -0.25) is 4.79 Å². The molecule has 1 aromatic heterocycles. The number of carbonyl (C=O) groups is 1. The van der Waals surface area contributed by atoms with Crippen molar-refractivity contribution in [2.45, 2.75) is 125 Å². The van der Waals surface area contributed by atoms with E-state index in [0.717, 1.165) is 47.7 Å². The molecular weight excluding hydrogens is 524 g/mol. The quantitative estimate of drug-likeness (QED) is 0.105. The van der Waals surface area contributed by atoms with Crippen molar-refractivity contribution in [2.75, 3.05) is 11.5 Å². The van der Waals surface area contributed by atoms with Gasteiger partial charge in [-0.15, -0.1) is 0 Å². The van der Waals surface area contributed by atoms with Crippen LogP contribution in [-0.4, -0.2) is 12.5 Å². The minimum Gasteiger partial charge on any atom is -0.493 e. The van der Waals surface area contributed by atoms with E-state index < -0.39 is 0 Å². The zero-order valence-corrected chi connectivity index (χ0v) is 27.2. The van der Waals surface area contributed by atoms with E-state index in [2.05, 4.69) is 68.2 Å². The molecule has 1 amide bonds. The van der Waals surface area contributed by atoms with Gasteiger partial charge in [0.2, 0.25) is 11.4 Å². The van der Waals surface area contributed by atoms with E-state index in [0.29, 0.717) is 6.54 Å². The molecule has 0 radical (unpaired) electrons. The van der Waals surface area contributed by atoms with Crippen molar-refractivity contribution in [2.24, 2.45) is 0 Å². The Hall–Kier alpha value is -2.66. The molecule has 0 spiro atoms.